The normalized spacial score (nSPS) is 21.6. The van der Waals surface area contributed by atoms with Gasteiger partial charge in [-0.15, -0.1) is 0 Å². The Morgan fingerprint density at radius 2 is 2.15 bits per heavy atom. The van der Waals surface area contributed by atoms with Gasteiger partial charge < -0.3 is 10.2 Å². The van der Waals surface area contributed by atoms with Gasteiger partial charge in [0.1, 0.15) is 5.82 Å². The Kier molecular flexibility index (Phi) is 5.12. The van der Waals surface area contributed by atoms with Crippen LogP contribution in [0.4, 0.5) is 4.39 Å². The molecular formula is C16H23FN2O. The average molecular weight is 278 g/mol. The summed E-state index contributed by atoms with van der Waals surface area (Å²) in [5.41, 5.74) is 0.625. The van der Waals surface area contributed by atoms with Gasteiger partial charge >= 0.3 is 0 Å². The van der Waals surface area contributed by atoms with Gasteiger partial charge in [-0.05, 0) is 31.9 Å². The fraction of sp³-hybridized carbons (Fsp3) is 0.562. The molecule has 110 valence electrons. The number of halogens is 1. The maximum atomic E-state index is 13.9. The summed E-state index contributed by atoms with van der Waals surface area (Å²) in [5, 5.41) is 3.12. The molecule has 1 aliphatic rings. The highest BCUT2D eigenvalue weighted by atomic mass is 19.1. The molecule has 1 fully saturated rings. The summed E-state index contributed by atoms with van der Waals surface area (Å²) in [6.45, 7) is 3.48. The highest BCUT2D eigenvalue weighted by Gasteiger charge is 2.24. The molecule has 2 unspecified atom stereocenters. The maximum Gasteiger partial charge on any atom is 0.222 e. The standard InChI is InChI=1S/C16H23FN2O/c1-12-7-8-16(20)19(10-9-12)11-15(18-2)13-5-3-4-6-14(13)17/h3-6,12,15,18H,7-11H2,1-2H3. The molecule has 0 aliphatic carbocycles. The van der Waals surface area contributed by atoms with Gasteiger partial charge in [0.15, 0.2) is 0 Å². The van der Waals surface area contributed by atoms with Gasteiger partial charge in [0, 0.05) is 25.1 Å². The molecule has 2 atom stereocenters. The molecule has 0 radical (unpaired) electrons. The monoisotopic (exact) mass is 278 g/mol. The zero-order valence-electron chi connectivity index (χ0n) is 12.2. The van der Waals surface area contributed by atoms with E-state index in [2.05, 4.69) is 12.2 Å². The molecule has 1 heterocycles. The highest BCUT2D eigenvalue weighted by molar-refractivity contribution is 5.76. The number of likely N-dealkylation sites (tertiary alicyclic amines) is 1. The Hall–Kier alpha value is -1.42. The first-order valence-corrected chi connectivity index (χ1v) is 7.31. The number of hydrogen-bond acceptors (Lipinski definition) is 2. The minimum atomic E-state index is -0.220. The first kappa shape index (κ1) is 15.0. The Balaban J connectivity index is 2.09. The summed E-state index contributed by atoms with van der Waals surface area (Å²) in [6.07, 6.45) is 2.59. The Morgan fingerprint density at radius 1 is 1.40 bits per heavy atom. The van der Waals surface area contributed by atoms with E-state index in [-0.39, 0.29) is 17.8 Å². The van der Waals surface area contributed by atoms with E-state index in [4.69, 9.17) is 0 Å². The zero-order chi connectivity index (χ0) is 14.5. The second-order valence-electron chi connectivity index (χ2n) is 5.64. The van der Waals surface area contributed by atoms with Crippen LogP contribution in [0.15, 0.2) is 24.3 Å². The van der Waals surface area contributed by atoms with Crippen molar-refractivity contribution in [1.82, 2.24) is 10.2 Å². The van der Waals surface area contributed by atoms with Crippen molar-refractivity contribution >= 4 is 5.91 Å². The quantitative estimate of drug-likeness (QED) is 0.918. The molecule has 1 aromatic carbocycles. The summed E-state index contributed by atoms with van der Waals surface area (Å²) in [5.74, 6) is 0.555. The number of likely N-dealkylation sites (N-methyl/N-ethyl adjacent to an activating group) is 1. The van der Waals surface area contributed by atoms with E-state index in [0.717, 1.165) is 19.4 Å². The van der Waals surface area contributed by atoms with Crippen molar-refractivity contribution in [1.29, 1.82) is 0 Å². The molecule has 0 saturated carbocycles. The number of amides is 1. The van der Waals surface area contributed by atoms with E-state index < -0.39 is 0 Å². The molecule has 1 aliphatic heterocycles. The first-order chi connectivity index (χ1) is 9.61. The highest BCUT2D eigenvalue weighted by Crippen LogP contribution is 2.22. The summed E-state index contributed by atoms with van der Waals surface area (Å²) < 4.78 is 13.9. The van der Waals surface area contributed by atoms with E-state index in [1.807, 2.05) is 18.0 Å². The van der Waals surface area contributed by atoms with Gasteiger partial charge in [-0.3, -0.25) is 4.79 Å². The lowest BCUT2D eigenvalue weighted by Crippen LogP contribution is -2.38. The zero-order valence-corrected chi connectivity index (χ0v) is 12.2. The molecule has 20 heavy (non-hydrogen) atoms. The molecule has 0 spiro atoms. The van der Waals surface area contributed by atoms with Gasteiger partial charge in [-0.1, -0.05) is 25.1 Å². The van der Waals surface area contributed by atoms with Crippen molar-refractivity contribution in [3.8, 4) is 0 Å². The van der Waals surface area contributed by atoms with Gasteiger partial charge in [0.05, 0.1) is 6.04 Å². The number of carbonyl (C=O) groups is 1. The van der Waals surface area contributed by atoms with Gasteiger partial charge in [0.25, 0.3) is 0 Å². The van der Waals surface area contributed by atoms with Crippen molar-refractivity contribution in [2.24, 2.45) is 5.92 Å². The molecular weight excluding hydrogens is 255 g/mol. The third-order valence-electron chi connectivity index (χ3n) is 4.13. The first-order valence-electron chi connectivity index (χ1n) is 7.31. The van der Waals surface area contributed by atoms with E-state index in [0.29, 0.717) is 24.4 Å². The maximum absolute atomic E-state index is 13.9. The molecule has 1 amide bonds. The number of benzene rings is 1. The van der Waals surface area contributed by atoms with Crippen molar-refractivity contribution in [3.05, 3.63) is 35.6 Å². The van der Waals surface area contributed by atoms with Crippen molar-refractivity contribution < 1.29 is 9.18 Å². The lowest BCUT2D eigenvalue weighted by molar-refractivity contribution is -0.131. The molecule has 0 aromatic heterocycles. The lowest BCUT2D eigenvalue weighted by Gasteiger charge is -2.27. The second-order valence-corrected chi connectivity index (χ2v) is 5.64. The van der Waals surface area contributed by atoms with Crippen LogP contribution in [-0.4, -0.2) is 30.9 Å². The number of rotatable bonds is 4. The number of nitrogens with one attached hydrogen (secondary N) is 1. The lowest BCUT2D eigenvalue weighted by atomic mass is 10.0. The molecule has 4 heteroatoms. The predicted octanol–water partition coefficient (Wildman–Crippen LogP) is 2.73. The Morgan fingerprint density at radius 3 is 2.85 bits per heavy atom. The SMILES string of the molecule is CNC(CN1CCC(C)CCC1=O)c1ccccc1F. The van der Waals surface area contributed by atoms with Gasteiger partial charge in [-0.25, -0.2) is 4.39 Å². The van der Waals surface area contributed by atoms with E-state index >= 15 is 0 Å². The minimum Gasteiger partial charge on any atom is -0.341 e. The van der Waals surface area contributed by atoms with Crippen molar-refractivity contribution in [2.45, 2.75) is 32.2 Å². The average Bonchev–Trinajstić information content (AvgIpc) is 2.60. The Bertz CT molecular complexity index is 464. The van der Waals surface area contributed by atoms with Crippen LogP contribution in [0.5, 0.6) is 0 Å². The number of carbonyl (C=O) groups excluding carboxylic acids is 1. The van der Waals surface area contributed by atoms with E-state index in [1.165, 1.54) is 6.07 Å². The van der Waals surface area contributed by atoms with E-state index in [9.17, 15) is 9.18 Å². The molecule has 0 bridgehead atoms. The molecule has 1 N–H and O–H groups in total. The van der Waals surface area contributed by atoms with Gasteiger partial charge in [0.2, 0.25) is 5.91 Å². The third kappa shape index (κ3) is 3.57. The topological polar surface area (TPSA) is 32.3 Å². The number of hydrogen-bond donors (Lipinski definition) is 1. The van der Waals surface area contributed by atoms with Crippen LogP contribution in [0.1, 0.15) is 37.8 Å². The molecule has 1 saturated heterocycles. The van der Waals surface area contributed by atoms with Crippen molar-refractivity contribution in [2.75, 3.05) is 20.1 Å². The smallest absolute Gasteiger partial charge is 0.222 e. The van der Waals surface area contributed by atoms with Crippen LogP contribution >= 0.6 is 0 Å². The largest absolute Gasteiger partial charge is 0.341 e. The predicted molar refractivity (Wildman–Crippen MR) is 77.8 cm³/mol. The summed E-state index contributed by atoms with van der Waals surface area (Å²) >= 11 is 0. The summed E-state index contributed by atoms with van der Waals surface area (Å²) in [7, 11) is 1.81. The fourth-order valence-electron chi connectivity index (χ4n) is 2.69. The molecule has 2 rings (SSSR count). The van der Waals surface area contributed by atoms with Crippen LogP contribution in [0.3, 0.4) is 0 Å². The molecule has 3 nitrogen and oxygen atoms in total. The van der Waals surface area contributed by atoms with E-state index in [1.54, 1.807) is 12.1 Å². The van der Waals surface area contributed by atoms with Crippen LogP contribution in [0, 0.1) is 11.7 Å². The van der Waals surface area contributed by atoms with Gasteiger partial charge in [-0.2, -0.15) is 0 Å². The third-order valence-corrected chi connectivity index (χ3v) is 4.13. The fourth-order valence-corrected chi connectivity index (χ4v) is 2.69. The van der Waals surface area contributed by atoms with Crippen molar-refractivity contribution in [3.63, 3.8) is 0 Å². The Labute approximate surface area is 120 Å². The van der Waals surface area contributed by atoms with Crippen LogP contribution in [-0.2, 0) is 4.79 Å². The second kappa shape index (κ2) is 6.84. The minimum absolute atomic E-state index is 0.159. The van der Waals surface area contributed by atoms with Crippen LogP contribution in [0.2, 0.25) is 0 Å². The van der Waals surface area contributed by atoms with Crippen LogP contribution in [0.25, 0.3) is 0 Å². The number of nitrogens with zero attached hydrogens (tertiary/aromatic N) is 1. The molecule has 1 aromatic rings. The van der Waals surface area contributed by atoms with Crippen LogP contribution < -0.4 is 5.32 Å². The summed E-state index contributed by atoms with van der Waals surface area (Å²) in [4.78, 5) is 14.0. The summed E-state index contributed by atoms with van der Waals surface area (Å²) in [6, 6.07) is 6.60.